The van der Waals surface area contributed by atoms with Crippen LogP contribution in [0.1, 0.15) is 50.1 Å². The molecule has 3 atom stereocenters. The predicted molar refractivity (Wildman–Crippen MR) is 73.1 cm³/mol. The highest BCUT2D eigenvalue weighted by Gasteiger charge is 2.26. The number of nitrogens with one attached hydrogen (secondary N) is 1. The Balaban J connectivity index is 1.84. The Morgan fingerprint density at radius 3 is 2.80 bits per heavy atom. The Bertz CT molecular complexity index is 454. The summed E-state index contributed by atoms with van der Waals surface area (Å²) in [5.74, 6) is -0.283. The van der Waals surface area contributed by atoms with Gasteiger partial charge in [-0.3, -0.25) is 4.79 Å². The first kappa shape index (κ1) is 14.6. The van der Waals surface area contributed by atoms with Crippen LogP contribution < -0.4 is 5.32 Å². The van der Waals surface area contributed by atoms with Crippen LogP contribution in [0.3, 0.4) is 0 Å². The van der Waals surface area contributed by atoms with E-state index in [2.05, 4.69) is 12.2 Å². The molecule has 1 fully saturated rings. The summed E-state index contributed by atoms with van der Waals surface area (Å²) >= 11 is 0. The quantitative estimate of drug-likeness (QED) is 0.860. The van der Waals surface area contributed by atoms with Crippen LogP contribution in [0.15, 0.2) is 22.8 Å². The first-order chi connectivity index (χ1) is 9.58. The van der Waals surface area contributed by atoms with Gasteiger partial charge in [-0.15, -0.1) is 0 Å². The molecule has 1 heterocycles. The minimum absolute atomic E-state index is 0.107. The van der Waals surface area contributed by atoms with Gasteiger partial charge in [0.1, 0.15) is 0 Å². The zero-order valence-corrected chi connectivity index (χ0v) is 11.9. The standard InChI is InChI=1S/C15H21NO4/c1-10-6-3-4-7-12(10)16-14(17)11(2)20-15(18)13-8-5-9-19-13/h5,8-12H,3-4,6-7H2,1-2H3,(H,16,17)/t10-,11-,12-/m1/s1. The van der Waals surface area contributed by atoms with Crippen molar-refractivity contribution in [3.8, 4) is 0 Å². The molecule has 1 N–H and O–H groups in total. The number of ether oxygens (including phenoxy) is 1. The molecule has 0 aromatic carbocycles. The van der Waals surface area contributed by atoms with Crippen LogP contribution in [0.25, 0.3) is 0 Å². The van der Waals surface area contributed by atoms with Crippen molar-refractivity contribution in [1.82, 2.24) is 5.32 Å². The lowest BCUT2D eigenvalue weighted by Gasteiger charge is -2.30. The smallest absolute Gasteiger partial charge is 0.374 e. The molecular weight excluding hydrogens is 258 g/mol. The number of carbonyl (C=O) groups is 2. The summed E-state index contributed by atoms with van der Waals surface area (Å²) in [5.41, 5.74) is 0. The molecule has 0 saturated heterocycles. The molecule has 20 heavy (non-hydrogen) atoms. The van der Waals surface area contributed by atoms with E-state index in [4.69, 9.17) is 9.15 Å². The Morgan fingerprint density at radius 2 is 2.15 bits per heavy atom. The van der Waals surface area contributed by atoms with Crippen molar-refractivity contribution in [3.05, 3.63) is 24.2 Å². The van der Waals surface area contributed by atoms with Crippen LogP contribution in [0.5, 0.6) is 0 Å². The van der Waals surface area contributed by atoms with E-state index in [1.807, 2.05) is 0 Å². The maximum Gasteiger partial charge on any atom is 0.374 e. The second-order valence-corrected chi connectivity index (χ2v) is 5.40. The van der Waals surface area contributed by atoms with Gasteiger partial charge in [-0.1, -0.05) is 19.8 Å². The fourth-order valence-corrected chi connectivity index (χ4v) is 2.50. The van der Waals surface area contributed by atoms with Gasteiger partial charge in [0.05, 0.1) is 6.26 Å². The topological polar surface area (TPSA) is 68.5 Å². The fraction of sp³-hybridized carbons (Fsp3) is 0.600. The normalized spacial score (nSPS) is 23.9. The molecule has 5 nitrogen and oxygen atoms in total. The number of amides is 1. The molecule has 0 unspecified atom stereocenters. The molecule has 1 aliphatic carbocycles. The first-order valence-electron chi connectivity index (χ1n) is 7.13. The second-order valence-electron chi connectivity index (χ2n) is 5.40. The Morgan fingerprint density at radius 1 is 1.40 bits per heavy atom. The summed E-state index contributed by atoms with van der Waals surface area (Å²) in [4.78, 5) is 23.7. The third kappa shape index (κ3) is 3.62. The maximum atomic E-state index is 12.0. The van der Waals surface area contributed by atoms with Crippen LogP contribution in [-0.2, 0) is 9.53 Å². The lowest BCUT2D eigenvalue weighted by Crippen LogP contribution is -2.45. The van der Waals surface area contributed by atoms with Gasteiger partial charge in [-0.2, -0.15) is 0 Å². The minimum Gasteiger partial charge on any atom is -0.457 e. The average Bonchev–Trinajstić information content (AvgIpc) is 2.95. The van der Waals surface area contributed by atoms with E-state index in [0.717, 1.165) is 19.3 Å². The molecule has 0 spiro atoms. The van der Waals surface area contributed by atoms with Gasteiger partial charge in [0.2, 0.25) is 5.76 Å². The van der Waals surface area contributed by atoms with Gasteiger partial charge >= 0.3 is 5.97 Å². The lowest BCUT2D eigenvalue weighted by atomic mass is 9.86. The van der Waals surface area contributed by atoms with Crippen LogP contribution >= 0.6 is 0 Å². The highest BCUT2D eigenvalue weighted by molar-refractivity contribution is 5.90. The van der Waals surface area contributed by atoms with Gasteiger partial charge in [0, 0.05) is 6.04 Å². The molecule has 2 rings (SSSR count). The molecule has 1 aromatic heterocycles. The van der Waals surface area contributed by atoms with E-state index in [-0.39, 0.29) is 17.7 Å². The molecular formula is C15H21NO4. The predicted octanol–water partition coefficient (Wildman–Crippen LogP) is 2.52. The molecule has 1 aliphatic rings. The molecule has 1 amide bonds. The summed E-state index contributed by atoms with van der Waals surface area (Å²) < 4.78 is 10.0. The highest BCUT2D eigenvalue weighted by Crippen LogP contribution is 2.23. The largest absolute Gasteiger partial charge is 0.457 e. The summed E-state index contributed by atoms with van der Waals surface area (Å²) in [7, 11) is 0. The van der Waals surface area contributed by atoms with Crippen molar-refractivity contribution in [2.45, 2.75) is 51.7 Å². The van der Waals surface area contributed by atoms with Crippen LogP contribution in [-0.4, -0.2) is 24.0 Å². The Labute approximate surface area is 118 Å². The number of furan rings is 1. The molecule has 1 saturated carbocycles. The summed E-state index contributed by atoms with van der Waals surface area (Å²) in [6.45, 7) is 3.72. The van der Waals surface area contributed by atoms with Crippen molar-refractivity contribution >= 4 is 11.9 Å². The number of esters is 1. The van der Waals surface area contributed by atoms with E-state index in [1.54, 1.807) is 13.0 Å². The second kappa shape index (κ2) is 6.59. The Kier molecular flexibility index (Phi) is 4.82. The molecule has 110 valence electrons. The molecule has 0 radical (unpaired) electrons. The van der Waals surface area contributed by atoms with E-state index in [9.17, 15) is 9.59 Å². The van der Waals surface area contributed by atoms with E-state index in [0.29, 0.717) is 5.92 Å². The van der Waals surface area contributed by atoms with E-state index < -0.39 is 12.1 Å². The van der Waals surface area contributed by atoms with Gasteiger partial charge < -0.3 is 14.5 Å². The zero-order valence-electron chi connectivity index (χ0n) is 11.9. The Hall–Kier alpha value is -1.78. The van der Waals surface area contributed by atoms with Crippen molar-refractivity contribution in [2.24, 2.45) is 5.92 Å². The summed E-state index contributed by atoms with van der Waals surface area (Å²) in [6, 6.07) is 3.29. The fourth-order valence-electron chi connectivity index (χ4n) is 2.50. The highest BCUT2D eigenvalue weighted by atomic mass is 16.6. The average molecular weight is 279 g/mol. The van der Waals surface area contributed by atoms with Crippen molar-refractivity contribution in [3.63, 3.8) is 0 Å². The molecule has 0 aliphatic heterocycles. The van der Waals surface area contributed by atoms with E-state index in [1.165, 1.54) is 18.8 Å². The summed E-state index contributed by atoms with van der Waals surface area (Å²) in [6.07, 6.45) is 5.05. The van der Waals surface area contributed by atoms with Gasteiger partial charge in [-0.05, 0) is 37.8 Å². The van der Waals surface area contributed by atoms with E-state index >= 15 is 0 Å². The lowest BCUT2D eigenvalue weighted by molar-refractivity contribution is -0.130. The molecule has 0 bridgehead atoms. The molecule has 1 aromatic rings. The van der Waals surface area contributed by atoms with Crippen LogP contribution in [0.2, 0.25) is 0 Å². The van der Waals surface area contributed by atoms with Crippen LogP contribution in [0.4, 0.5) is 0 Å². The third-order valence-corrected chi connectivity index (χ3v) is 3.81. The van der Waals surface area contributed by atoms with Gasteiger partial charge in [0.15, 0.2) is 6.10 Å². The minimum atomic E-state index is -0.818. The number of hydrogen-bond acceptors (Lipinski definition) is 4. The first-order valence-corrected chi connectivity index (χ1v) is 7.13. The number of carbonyl (C=O) groups excluding carboxylic acids is 2. The monoisotopic (exact) mass is 279 g/mol. The van der Waals surface area contributed by atoms with Crippen LogP contribution in [0, 0.1) is 5.92 Å². The maximum absolute atomic E-state index is 12.0. The SMILES string of the molecule is C[C@@H]1CCCC[C@H]1NC(=O)[C@@H](C)OC(=O)c1ccco1. The van der Waals surface area contributed by atoms with Crippen molar-refractivity contribution in [1.29, 1.82) is 0 Å². The van der Waals surface area contributed by atoms with Crippen molar-refractivity contribution < 1.29 is 18.7 Å². The number of hydrogen-bond donors (Lipinski definition) is 1. The third-order valence-electron chi connectivity index (χ3n) is 3.81. The summed E-state index contributed by atoms with van der Waals surface area (Å²) in [5, 5.41) is 2.97. The molecule has 5 heteroatoms. The zero-order chi connectivity index (χ0) is 14.5. The van der Waals surface area contributed by atoms with Crippen molar-refractivity contribution in [2.75, 3.05) is 0 Å². The van der Waals surface area contributed by atoms with Gasteiger partial charge in [0.25, 0.3) is 5.91 Å². The number of rotatable bonds is 4. The van der Waals surface area contributed by atoms with Gasteiger partial charge in [-0.25, -0.2) is 4.79 Å².